The number of ether oxygens (including phenoxy) is 1. The molecule has 1 aromatic rings. The summed E-state index contributed by atoms with van der Waals surface area (Å²) in [4.78, 5) is 0.358. The van der Waals surface area contributed by atoms with Crippen LogP contribution in [0.5, 0.6) is 0 Å². The molecule has 1 aromatic carbocycles. The van der Waals surface area contributed by atoms with E-state index in [1.807, 2.05) is 6.07 Å². The van der Waals surface area contributed by atoms with Crippen molar-refractivity contribution < 1.29 is 13.2 Å². The van der Waals surface area contributed by atoms with Crippen LogP contribution in [-0.4, -0.2) is 27.7 Å². The van der Waals surface area contributed by atoms with Crippen molar-refractivity contribution in [3.8, 4) is 0 Å². The van der Waals surface area contributed by atoms with E-state index in [9.17, 15) is 8.42 Å². The second-order valence-electron chi connectivity index (χ2n) is 5.75. The molecule has 21 heavy (non-hydrogen) atoms. The minimum atomic E-state index is -3.43. The molecule has 2 unspecified atom stereocenters. The predicted molar refractivity (Wildman–Crippen MR) is 80.3 cm³/mol. The van der Waals surface area contributed by atoms with E-state index in [-0.39, 0.29) is 12.0 Å². The molecule has 2 aliphatic rings. The van der Waals surface area contributed by atoms with Crippen molar-refractivity contribution in [3.63, 3.8) is 0 Å². The zero-order valence-electron chi connectivity index (χ0n) is 12.3. The highest BCUT2D eigenvalue weighted by atomic mass is 32.2. The second kappa shape index (κ2) is 6.04. The highest BCUT2D eigenvalue weighted by Crippen LogP contribution is 2.24. The summed E-state index contributed by atoms with van der Waals surface area (Å²) in [5.74, 6) is 0.279. The molecular formula is C15H22N2O3S. The second-order valence-corrected chi connectivity index (χ2v) is 7.52. The van der Waals surface area contributed by atoms with Gasteiger partial charge in [-0.2, -0.15) is 0 Å². The van der Waals surface area contributed by atoms with Gasteiger partial charge in [-0.25, -0.2) is 13.1 Å². The molecule has 0 amide bonds. The zero-order valence-corrected chi connectivity index (χ0v) is 13.1. The van der Waals surface area contributed by atoms with Gasteiger partial charge in [0, 0.05) is 32.2 Å². The summed E-state index contributed by atoms with van der Waals surface area (Å²) in [7, 11) is -3.43. The number of nitrogens with one attached hydrogen (secondary N) is 2. The van der Waals surface area contributed by atoms with E-state index in [0.29, 0.717) is 11.4 Å². The maximum atomic E-state index is 12.4. The Morgan fingerprint density at radius 1 is 1.33 bits per heavy atom. The highest BCUT2D eigenvalue weighted by molar-refractivity contribution is 7.89. The minimum Gasteiger partial charge on any atom is -0.378 e. The number of fused-ring (bicyclic) bond motifs is 1. The SMILES string of the molecule is CCC1OCCC1CNS(=O)(=O)c1ccc2c(c1)CNC2. The van der Waals surface area contributed by atoms with E-state index in [2.05, 4.69) is 17.0 Å². The van der Waals surface area contributed by atoms with Gasteiger partial charge in [0.15, 0.2) is 0 Å². The van der Waals surface area contributed by atoms with Crippen LogP contribution in [0.4, 0.5) is 0 Å². The Bertz CT molecular complexity index is 615. The van der Waals surface area contributed by atoms with Crippen molar-refractivity contribution in [2.45, 2.75) is 43.9 Å². The Balaban J connectivity index is 1.69. The van der Waals surface area contributed by atoms with Crippen LogP contribution in [0.1, 0.15) is 30.9 Å². The van der Waals surface area contributed by atoms with Crippen LogP contribution in [0.25, 0.3) is 0 Å². The lowest BCUT2D eigenvalue weighted by Gasteiger charge is -2.17. The van der Waals surface area contributed by atoms with Crippen molar-refractivity contribution in [2.75, 3.05) is 13.2 Å². The molecular weight excluding hydrogens is 288 g/mol. The molecule has 0 bridgehead atoms. The monoisotopic (exact) mass is 310 g/mol. The van der Waals surface area contributed by atoms with Gasteiger partial charge in [-0.05, 0) is 36.1 Å². The Labute approximate surface area is 126 Å². The first-order valence-corrected chi connectivity index (χ1v) is 9.02. The van der Waals surface area contributed by atoms with Gasteiger partial charge < -0.3 is 10.1 Å². The molecule has 2 atom stereocenters. The summed E-state index contributed by atoms with van der Waals surface area (Å²) in [5.41, 5.74) is 2.26. The predicted octanol–water partition coefficient (Wildman–Crippen LogP) is 1.38. The topological polar surface area (TPSA) is 67.4 Å². The van der Waals surface area contributed by atoms with Crippen molar-refractivity contribution >= 4 is 10.0 Å². The van der Waals surface area contributed by atoms with Crippen LogP contribution in [0.3, 0.4) is 0 Å². The third-order valence-corrected chi connectivity index (χ3v) is 5.82. The fraction of sp³-hybridized carbons (Fsp3) is 0.600. The Morgan fingerprint density at radius 2 is 2.14 bits per heavy atom. The van der Waals surface area contributed by atoms with Gasteiger partial charge in [-0.1, -0.05) is 13.0 Å². The molecule has 2 heterocycles. The van der Waals surface area contributed by atoms with Crippen LogP contribution in [0.2, 0.25) is 0 Å². The summed E-state index contributed by atoms with van der Waals surface area (Å²) in [6.45, 7) is 4.82. The van der Waals surface area contributed by atoms with Crippen LogP contribution >= 0.6 is 0 Å². The lowest BCUT2D eigenvalue weighted by Crippen LogP contribution is -2.32. The van der Waals surface area contributed by atoms with Crippen molar-refractivity contribution in [2.24, 2.45) is 5.92 Å². The Morgan fingerprint density at radius 3 is 2.95 bits per heavy atom. The molecule has 0 aliphatic carbocycles. The molecule has 2 aliphatic heterocycles. The van der Waals surface area contributed by atoms with Gasteiger partial charge in [0.2, 0.25) is 10.0 Å². The molecule has 0 saturated carbocycles. The fourth-order valence-corrected chi connectivity index (χ4v) is 4.26. The largest absolute Gasteiger partial charge is 0.378 e. The average Bonchev–Trinajstić information content (AvgIpc) is 3.12. The van der Waals surface area contributed by atoms with Gasteiger partial charge in [-0.3, -0.25) is 0 Å². The first-order valence-electron chi connectivity index (χ1n) is 7.54. The summed E-state index contributed by atoms with van der Waals surface area (Å²) in [5, 5.41) is 3.22. The lowest BCUT2D eigenvalue weighted by molar-refractivity contribution is 0.0884. The normalized spacial score (nSPS) is 25.2. The molecule has 0 spiro atoms. The van der Waals surface area contributed by atoms with Crippen LogP contribution in [0.15, 0.2) is 23.1 Å². The maximum Gasteiger partial charge on any atom is 0.240 e. The molecule has 6 heteroatoms. The Hall–Kier alpha value is -0.950. The minimum absolute atomic E-state index is 0.178. The molecule has 2 N–H and O–H groups in total. The number of hydrogen-bond donors (Lipinski definition) is 2. The molecule has 0 radical (unpaired) electrons. The molecule has 5 nitrogen and oxygen atoms in total. The third-order valence-electron chi connectivity index (χ3n) is 4.40. The summed E-state index contributed by atoms with van der Waals surface area (Å²) >= 11 is 0. The van der Waals surface area contributed by atoms with Crippen LogP contribution < -0.4 is 10.0 Å². The van der Waals surface area contributed by atoms with Gasteiger partial charge in [0.25, 0.3) is 0 Å². The van der Waals surface area contributed by atoms with Gasteiger partial charge >= 0.3 is 0 Å². The van der Waals surface area contributed by atoms with Crippen molar-refractivity contribution in [1.82, 2.24) is 10.0 Å². The first-order chi connectivity index (χ1) is 10.1. The average molecular weight is 310 g/mol. The third kappa shape index (κ3) is 3.13. The number of sulfonamides is 1. The van der Waals surface area contributed by atoms with E-state index in [0.717, 1.165) is 38.1 Å². The standard InChI is InChI=1S/C15H22N2O3S/c1-2-15-12(5-6-20-15)10-17-21(18,19)14-4-3-11-8-16-9-13(11)7-14/h3-4,7,12,15-17H,2,5-6,8-10H2,1H3. The molecule has 3 rings (SSSR count). The van der Waals surface area contributed by atoms with Crippen LogP contribution in [-0.2, 0) is 27.8 Å². The van der Waals surface area contributed by atoms with Gasteiger partial charge in [-0.15, -0.1) is 0 Å². The van der Waals surface area contributed by atoms with Gasteiger partial charge in [0.05, 0.1) is 11.0 Å². The van der Waals surface area contributed by atoms with Crippen molar-refractivity contribution in [1.29, 1.82) is 0 Å². The molecule has 1 fully saturated rings. The van der Waals surface area contributed by atoms with E-state index < -0.39 is 10.0 Å². The number of rotatable bonds is 5. The summed E-state index contributed by atoms with van der Waals surface area (Å²) in [6, 6.07) is 5.37. The lowest BCUT2D eigenvalue weighted by atomic mass is 10.0. The van der Waals surface area contributed by atoms with Crippen molar-refractivity contribution in [3.05, 3.63) is 29.3 Å². The molecule has 0 aromatic heterocycles. The summed E-state index contributed by atoms with van der Waals surface area (Å²) < 4.78 is 33.2. The van der Waals surface area contributed by atoms with Gasteiger partial charge in [0.1, 0.15) is 0 Å². The zero-order chi connectivity index (χ0) is 14.9. The van der Waals surface area contributed by atoms with E-state index in [1.54, 1.807) is 12.1 Å². The quantitative estimate of drug-likeness (QED) is 0.862. The summed E-state index contributed by atoms with van der Waals surface area (Å²) in [6.07, 6.45) is 2.03. The first kappa shape index (κ1) is 15.0. The van der Waals surface area contributed by atoms with Crippen LogP contribution in [0, 0.1) is 5.92 Å². The fourth-order valence-electron chi connectivity index (χ4n) is 3.12. The number of benzene rings is 1. The molecule has 1 saturated heterocycles. The Kier molecular flexibility index (Phi) is 4.31. The molecule has 116 valence electrons. The maximum absolute atomic E-state index is 12.4. The van der Waals surface area contributed by atoms with E-state index >= 15 is 0 Å². The number of hydrogen-bond acceptors (Lipinski definition) is 4. The van der Waals surface area contributed by atoms with E-state index in [4.69, 9.17) is 4.74 Å². The highest BCUT2D eigenvalue weighted by Gasteiger charge is 2.28. The van der Waals surface area contributed by atoms with E-state index in [1.165, 1.54) is 5.56 Å². The smallest absolute Gasteiger partial charge is 0.240 e.